The van der Waals surface area contributed by atoms with Crippen LogP contribution in [-0.4, -0.2) is 24.1 Å². The number of hydrogen-bond acceptors (Lipinski definition) is 4. The van der Waals surface area contributed by atoms with Crippen LogP contribution in [0.5, 0.6) is 0 Å². The Morgan fingerprint density at radius 2 is 2.10 bits per heavy atom. The predicted octanol–water partition coefficient (Wildman–Crippen LogP) is 2.52. The molecule has 4 heteroatoms. The number of esters is 1. The van der Waals surface area contributed by atoms with Crippen molar-refractivity contribution >= 4 is 16.7 Å². The number of rotatable bonds is 5. The highest BCUT2D eigenvalue weighted by molar-refractivity contribution is 5.82. The largest absolute Gasteiger partial charge is 0.468 e. The van der Waals surface area contributed by atoms with E-state index >= 15 is 0 Å². The molecule has 1 N–H and O–H groups in total. The minimum atomic E-state index is -0.284. The van der Waals surface area contributed by atoms with E-state index < -0.39 is 0 Å². The molecule has 2 rings (SSSR count). The number of benzene rings is 1. The Morgan fingerprint density at radius 3 is 2.80 bits per heavy atom. The number of fused-ring (bicyclic) bond motifs is 1. The second-order valence-electron chi connectivity index (χ2n) is 5.18. The summed E-state index contributed by atoms with van der Waals surface area (Å²) in [6, 6.07) is 7.90. The van der Waals surface area contributed by atoms with Crippen molar-refractivity contribution in [2.24, 2.45) is 5.92 Å². The smallest absolute Gasteiger partial charge is 0.323 e. The molecular formula is C16H20N2O2. The first-order valence-electron chi connectivity index (χ1n) is 6.75. The molecule has 0 aliphatic carbocycles. The highest BCUT2D eigenvalue weighted by Crippen LogP contribution is 2.15. The fraction of sp³-hybridized carbons (Fsp3) is 0.375. The molecule has 0 saturated heterocycles. The zero-order valence-electron chi connectivity index (χ0n) is 12.1. The molecule has 0 aliphatic rings. The van der Waals surface area contributed by atoms with E-state index in [1.807, 2.05) is 38.2 Å². The third-order valence-corrected chi connectivity index (χ3v) is 3.35. The Balaban J connectivity index is 2.09. The minimum absolute atomic E-state index is 0.187. The number of aromatic nitrogens is 1. The van der Waals surface area contributed by atoms with Crippen molar-refractivity contribution in [2.45, 2.75) is 26.4 Å². The van der Waals surface area contributed by atoms with Gasteiger partial charge in [-0.3, -0.25) is 9.78 Å². The van der Waals surface area contributed by atoms with Crippen LogP contribution in [-0.2, 0) is 16.1 Å². The van der Waals surface area contributed by atoms with Gasteiger partial charge in [-0.25, -0.2) is 0 Å². The van der Waals surface area contributed by atoms with E-state index in [1.165, 1.54) is 7.11 Å². The SMILES string of the molecule is COC(=O)[C@@H](NCc1ccc2cnccc2c1)C(C)C. The maximum atomic E-state index is 11.7. The van der Waals surface area contributed by atoms with Crippen LogP contribution in [0.25, 0.3) is 10.8 Å². The van der Waals surface area contributed by atoms with E-state index in [1.54, 1.807) is 6.20 Å². The molecule has 20 heavy (non-hydrogen) atoms. The molecule has 1 aromatic carbocycles. The van der Waals surface area contributed by atoms with Gasteiger partial charge in [0, 0.05) is 24.3 Å². The summed E-state index contributed by atoms with van der Waals surface area (Å²) in [7, 11) is 1.42. The summed E-state index contributed by atoms with van der Waals surface area (Å²) in [5, 5.41) is 5.53. The molecule has 0 fully saturated rings. The van der Waals surface area contributed by atoms with Crippen LogP contribution in [0.15, 0.2) is 36.7 Å². The lowest BCUT2D eigenvalue weighted by molar-refractivity contribution is -0.144. The van der Waals surface area contributed by atoms with E-state index in [4.69, 9.17) is 4.74 Å². The number of carbonyl (C=O) groups excluding carboxylic acids is 1. The fourth-order valence-corrected chi connectivity index (χ4v) is 2.19. The third kappa shape index (κ3) is 3.33. The van der Waals surface area contributed by atoms with Gasteiger partial charge in [0.1, 0.15) is 6.04 Å². The van der Waals surface area contributed by atoms with Gasteiger partial charge in [0.25, 0.3) is 0 Å². The van der Waals surface area contributed by atoms with Gasteiger partial charge in [-0.1, -0.05) is 26.0 Å². The Bertz CT molecular complexity index is 596. The maximum Gasteiger partial charge on any atom is 0.323 e. The quantitative estimate of drug-likeness (QED) is 0.850. The molecule has 1 aromatic heterocycles. The lowest BCUT2D eigenvalue weighted by atomic mass is 10.0. The van der Waals surface area contributed by atoms with E-state index in [0.29, 0.717) is 6.54 Å². The number of nitrogens with one attached hydrogen (secondary N) is 1. The summed E-state index contributed by atoms with van der Waals surface area (Å²) in [6.45, 7) is 4.64. The number of pyridine rings is 1. The Morgan fingerprint density at radius 1 is 1.30 bits per heavy atom. The molecule has 0 radical (unpaired) electrons. The summed E-state index contributed by atoms with van der Waals surface area (Å²) >= 11 is 0. The van der Waals surface area contributed by atoms with Crippen LogP contribution in [0.2, 0.25) is 0 Å². The van der Waals surface area contributed by atoms with Crippen LogP contribution in [0, 0.1) is 5.92 Å². The van der Waals surface area contributed by atoms with Gasteiger partial charge in [0.2, 0.25) is 0 Å². The first-order chi connectivity index (χ1) is 9.61. The van der Waals surface area contributed by atoms with Gasteiger partial charge in [0.15, 0.2) is 0 Å². The molecule has 0 bridgehead atoms. The van der Waals surface area contributed by atoms with Crippen LogP contribution in [0.1, 0.15) is 19.4 Å². The van der Waals surface area contributed by atoms with Crippen LogP contribution < -0.4 is 5.32 Å². The van der Waals surface area contributed by atoms with Crippen molar-refractivity contribution < 1.29 is 9.53 Å². The molecule has 1 atom stereocenters. The fourth-order valence-electron chi connectivity index (χ4n) is 2.19. The molecule has 0 unspecified atom stereocenters. The van der Waals surface area contributed by atoms with E-state index in [2.05, 4.69) is 16.4 Å². The number of ether oxygens (including phenoxy) is 1. The monoisotopic (exact) mass is 272 g/mol. The number of hydrogen-bond donors (Lipinski definition) is 1. The number of carbonyl (C=O) groups is 1. The second-order valence-corrected chi connectivity index (χ2v) is 5.18. The Kier molecular flexibility index (Phi) is 4.69. The summed E-state index contributed by atoms with van der Waals surface area (Å²) in [5.74, 6) is -0.0305. The molecule has 106 valence electrons. The second kappa shape index (κ2) is 6.48. The van der Waals surface area contributed by atoms with Crippen LogP contribution >= 0.6 is 0 Å². The number of nitrogens with zero attached hydrogens (tertiary/aromatic N) is 1. The van der Waals surface area contributed by atoms with Crippen molar-refractivity contribution in [3.63, 3.8) is 0 Å². The lowest BCUT2D eigenvalue weighted by Crippen LogP contribution is -2.41. The minimum Gasteiger partial charge on any atom is -0.468 e. The van der Waals surface area contributed by atoms with Gasteiger partial charge in [0.05, 0.1) is 7.11 Å². The van der Waals surface area contributed by atoms with Crippen molar-refractivity contribution in [3.8, 4) is 0 Å². The highest BCUT2D eigenvalue weighted by Gasteiger charge is 2.21. The molecule has 1 heterocycles. The molecule has 0 saturated carbocycles. The molecular weight excluding hydrogens is 252 g/mol. The maximum absolute atomic E-state index is 11.7. The van der Waals surface area contributed by atoms with Gasteiger partial charge in [-0.2, -0.15) is 0 Å². The first kappa shape index (κ1) is 14.5. The van der Waals surface area contributed by atoms with Crippen molar-refractivity contribution in [1.82, 2.24) is 10.3 Å². The Labute approximate surface area is 119 Å². The topological polar surface area (TPSA) is 51.2 Å². The van der Waals surface area contributed by atoms with E-state index in [-0.39, 0.29) is 17.9 Å². The summed E-state index contributed by atoms with van der Waals surface area (Å²) < 4.78 is 4.82. The van der Waals surface area contributed by atoms with Crippen LogP contribution in [0.3, 0.4) is 0 Å². The van der Waals surface area contributed by atoms with E-state index in [0.717, 1.165) is 16.3 Å². The van der Waals surface area contributed by atoms with Crippen molar-refractivity contribution in [2.75, 3.05) is 7.11 Å². The normalized spacial score (nSPS) is 12.6. The van der Waals surface area contributed by atoms with Crippen molar-refractivity contribution in [3.05, 3.63) is 42.2 Å². The zero-order valence-corrected chi connectivity index (χ0v) is 12.1. The molecule has 0 spiro atoms. The first-order valence-corrected chi connectivity index (χ1v) is 6.75. The standard InChI is InChI=1S/C16H20N2O2/c1-11(2)15(16(19)20-3)18-9-12-4-5-14-10-17-7-6-13(14)8-12/h4-8,10-11,15,18H,9H2,1-3H3/t15-/m0/s1. The van der Waals surface area contributed by atoms with Gasteiger partial charge < -0.3 is 10.1 Å². The summed E-state index contributed by atoms with van der Waals surface area (Å²) in [6.07, 6.45) is 3.63. The predicted molar refractivity (Wildman–Crippen MR) is 79.2 cm³/mol. The van der Waals surface area contributed by atoms with Gasteiger partial charge >= 0.3 is 5.97 Å². The van der Waals surface area contributed by atoms with Gasteiger partial charge in [-0.15, -0.1) is 0 Å². The highest BCUT2D eigenvalue weighted by atomic mass is 16.5. The summed E-state index contributed by atoms with van der Waals surface area (Å²) in [5.41, 5.74) is 1.14. The average molecular weight is 272 g/mol. The molecule has 0 amide bonds. The zero-order chi connectivity index (χ0) is 14.5. The molecule has 4 nitrogen and oxygen atoms in total. The van der Waals surface area contributed by atoms with Gasteiger partial charge in [-0.05, 0) is 29.0 Å². The molecule has 0 aliphatic heterocycles. The van der Waals surface area contributed by atoms with Crippen LogP contribution in [0.4, 0.5) is 0 Å². The lowest BCUT2D eigenvalue weighted by Gasteiger charge is -2.20. The average Bonchev–Trinajstić information content (AvgIpc) is 2.46. The van der Waals surface area contributed by atoms with E-state index in [9.17, 15) is 4.79 Å². The molecule has 2 aromatic rings. The Hall–Kier alpha value is -1.94. The van der Waals surface area contributed by atoms with Crippen molar-refractivity contribution in [1.29, 1.82) is 0 Å². The summed E-state index contributed by atoms with van der Waals surface area (Å²) in [4.78, 5) is 15.8. The third-order valence-electron chi connectivity index (χ3n) is 3.35. The number of methoxy groups -OCH3 is 1.